The van der Waals surface area contributed by atoms with Crippen molar-refractivity contribution in [3.05, 3.63) is 29.3 Å². The van der Waals surface area contributed by atoms with Gasteiger partial charge in [0.2, 0.25) is 0 Å². The molecule has 2 N–H and O–H groups in total. The number of benzene rings is 1. The van der Waals surface area contributed by atoms with Crippen LogP contribution in [0.1, 0.15) is 31.2 Å². The number of aromatic nitrogens is 1. The zero-order valence-corrected chi connectivity index (χ0v) is 12.2. The molecule has 0 bridgehead atoms. The second-order valence-electron chi connectivity index (χ2n) is 5.47. The van der Waals surface area contributed by atoms with Crippen LogP contribution in [0.2, 0.25) is 0 Å². The number of piperidine rings is 1. The van der Waals surface area contributed by atoms with E-state index in [1.54, 1.807) is 0 Å². The van der Waals surface area contributed by atoms with Crippen LogP contribution in [0.3, 0.4) is 0 Å². The molecule has 1 aromatic heterocycles. The highest BCUT2D eigenvalue weighted by Gasteiger charge is 2.26. The lowest BCUT2D eigenvalue weighted by atomic mass is 9.97. The van der Waals surface area contributed by atoms with Gasteiger partial charge < -0.3 is 5.73 Å². The van der Waals surface area contributed by atoms with E-state index < -0.39 is 0 Å². The van der Waals surface area contributed by atoms with E-state index in [1.165, 1.54) is 29.0 Å². The molecule has 2 atom stereocenters. The van der Waals surface area contributed by atoms with Crippen LogP contribution in [0.15, 0.2) is 24.3 Å². The van der Waals surface area contributed by atoms with Gasteiger partial charge in [-0.25, -0.2) is 4.98 Å². The SMILES string of the molecule is CC(N)C1CCCCN1Cc1nc2ccccc2s1. The van der Waals surface area contributed by atoms with Crippen molar-refractivity contribution in [1.82, 2.24) is 9.88 Å². The van der Waals surface area contributed by atoms with Gasteiger partial charge in [-0.05, 0) is 38.4 Å². The number of fused-ring (bicyclic) bond motifs is 1. The summed E-state index contributed by atoms with van der Waals surface area (Å²) in [6.45, 7) is 4.23. The number of para-hydroxylation sites is 1. The summed E-state index contributed by atoms with van der Waals surface area (Å²) in [5.41, 5.74) is 7.25. The normalized spacial score (nSPS) is 22.7. The van der Waals surface area contributed by atoms with Crippen LogP contribution in [0, 0.1) is 0 Å². The predicted molar refractivity (Wildman–Crippen MR) is 81.3 cm³/mol. The van der Waals surface area contributed by atoms with Gasteiger partial charge >= 0.3 is 0 Å². The molecule has 1 aliphatic heterocycles. The fourth-order valence-corrected chi connectivity index (χ4v) is 3.96. The lowest BCUT2D eigenvalue weighted by Crippen LogP contribution is -2.48. The van der Waals surface area contributed by atoms with Crippen molar-refractivity contribution in [3.63, 3.8) is 0 Å². The largest absolute Gasteiger partial charge is 0.327 e. The van der Waals surface area contributed by atoms with Gasteiger partial charge in [0, 0.05) is 12.1 Å². The number of likely N-dealkylation sites (tertiary alicyclic amines) is 1. The molecule has 1 aromatic carbocycles. The third-order valence-corrected chi connectivity index (χ3v) is 4.97. The van der Waals surface area contributed by atoms with Crippen LogP contribution < -0.4 is 5.73 Å². The Hall–Kier alpha value is -0.970. The van der Waals surface area contributed by atoms with Crippen LogP contribution in [0.4, 0.5) is 0 Å². The molecular weight excluding hydrogens is 254 g/mol. The second-order valence-corrected chi connectivity index (χ2v) is 6.58. The summed E-state index contributed by atoms with van der Waals surface area (Å²) in [6.07, 6.45) is 3.82. The van der Waals surface area contributed by atoms with Crippen molar-refractivity contribution in [1.29, 1.82) is 0 Å². The number of nitrogens with zero attached hydrogens (tertiary/aromatic N) is 2. The first-order valence-corrected chi connectivity index (χ1v) is 7.90. The van der Waals surface area contributed by atoms with Gasteiger partial charge in [0.25, 0.3) is 0 Å². The Morgan fingerprint density at radius 2 is 2.26 bits per heavy atom. The smallest absolute Gasteiger partial charge is 0.108 e. The van der Waals surface area contributed by atoms with Crippen LogP contribution >= 0.6 is 11.3 Å². The molecule has 1 fully saturated rings. The van der Waals surface area contributed by atoms with E-state index in [-0.39, 0.29) is 6.04 Å². The fourth-order valence-electron chi connectivity index (χ4n) is 2.97. The third kappa shape index (κ3) is 2.81. The molecule has 2 heterocycles. The van der Waals surface area contributed by atoms with Crippen molar-refractivity contribution < 1.29 is 0 Å². The third-order valence-electron chi connectivity index (χ3n) is 3.95. The van der Waals surface area contributed by atoms with Crippen molar-refractivity contribution in [3.8, 4) is 0 Å². The maximum atomic E-state index is 6.13. The Morgan fingerprint density at radius 3 is 3.05 bits per heavy atom. The minimum atomic E-state index is 0.245. The molecule has 1 saturated heterocycles. The molecule has 102 valence electrons. The van der Waals surface area contributed by atoms with Crippen LogP contribution in [-0.4, -0.2) is 28.5 Å². The molecular formula is C15H21N3S. The van der Waals surface area contributed by atoms with Gasteiger partial charge in [-0.2, -0.15) is 0 Å². The van der Waals surface area contributed by atoms with Gasteiger partial charge in [-0.15, -0.1) is 11.3 Å². The lowest BCUT2D eigenvalue weighted by molar-refractivity contribution is 0.123. The molecule has 2 aromatic rings. The summed E-state index contributed by atoms with van der Waals surface area (Å²) in [5.74, 6) is 0. The number of hydrogen-bond acceptors (Lipinski definition) is 4. The van der Waals surface area contributed by atoms with Gasteiger partial charge in [-0.3, -0.25) is 4.90 Å². The van der Waals surface area contributed by atoms with E-state index >= 15 is 0 Å². The van der Waals surface area contributed by atoms with E-state index in [2.05, 4.69) is 36.1 Å². The highest BCUT2D eigenvalue weighted by Crippen LogP contribution is 2.26. The topological polar surface area (TPSA) is 42.1 Å². The summed E-state index contributed by atoms with van der Waals surface area (Å²) in [5, 5.41) is 1.22. The number of nitrogens with two attached hydrogens (primary N) is 1. The summed E-state index contributed by atoms with van der Waals surface area (Å²) in [4.78, 5) is 7.26. The average Bonchev–Trinajstić information content (AvgIpc) is 2.81. The molecule has 0 amide bonds. The molecule has 3 rings (SSSR count). The molecule has 2 unspecified atom stereocenters. The maximum Gasteiger partial charge on any atom is 0.108 e. The lowest BCUT2D eigenvalue weighted by Gasteiger charge is -2.37. The number of thiazole rings is 1. The van der Waals surface area contributed by atoms with Crippen molar-refractivity contribution in [2.45, 2.75) is 44.8 Å². The first-order valence-electron chi connectivity index (χ1n) is 7.08. The van der Waals surface area contributed by atoms with Gasteiger partial charge in [0.15, 0.2) is 0 Å². The molecule has 1 aliphatic rings. The van der Waals surface area contributed by atoms with Crippen molar-refractivity contribution in [2.75, 3.05) is 6.54 Å². The molecule has 3 nitrogen and oxygen atoms in total. The molecule has 0 radical (unpaired) electrons. The van der Waals surface area contributed by atoms with Crippen molar-refractivity contribution in [2.24, 2.45) is 5.73 Å². The Labute approximate surface area is 118 Å². The predicted octanol–water partition coefficient (Wildman–Crippen LogP) is 3.00. The summed E-state index contributed by atoms with van der Waals surface area (Å²) >= 11 is 1.81. The van der Waals surface area contributed by atoms with Crippen LogP contribution in [0.25, 0.3) is 10.2 Å². The maximum absolute atomic E-state index is 6.13. The number of rotatable bonds is 3. The average molecular weight is 275 g/mol. The monoisotopic (exact) mass is 275 g/mol. The molecule has 19 heavy (non-hydrogen) atoms. The highest BCUT2D eigenvalue weighted by atomic mass is 32.1. The van der Waals surface area contributed by atoms with Crippen LogP contribution in [0.5, 0.6) is 0 Å². The Bertz CT molecular complexity index is 516. The zero-order valence-electron chi connectivity index (χ0n) is 11.4. The minimum Gasteiger partial charge on any atom is -0.327 e. The molecule has 0 saturated carbocycles. The Kier molecular flexibility index (Phi) is 3.82. The van der Waals surface area contributed by atoms with Gasteiger partial charge in [0.05, 0.1) is 16.8 Å². The summed E-state index contributed by atoms with van der Waals surface area (Å²) in [7, 11) is 0. The number of hydrogen-bond donors (Lipinski definition) is 1. The summed E-state index contributed by atoms with van der Waals surface area (Å²) in [6, 6.07) is 9.13. The fraction of sp³-hybridized carbons (Fsp3) is 0.533. The molecule has 0 aliphatic carbocycles. The van der Waals surface area contributed by atoms with E-state index in [0.29, 0.717) is 6.04 Å². The highest BCUT2D eigenvalue weighted by molar-refractivity contribution is 7.18. The van der Waals surface area contributed by atoms with E-state index in [1.807, 2.05) is 11.3 Å². The van der Waals surface area contributed by atoms with Gasteiger partial charge in [0.1, 0.15) is 5.01 Å². The van der Waals surface area contributed by atoms with E-state index in [4.69, 9.17) is 10.7 Å². The first kappa shape index (κ1) is 13.0. The quantitative estimate of drug-likeness (QED) is 0.936. The Balaban J connectivity index is 1.79. The molecule has 4 heteroatoms. The summed E-state index contributed by atoms with van der Waals surface area (Å²) < 4.78 is 1.28. The molecule has 0 spiro atoms. The zero-order chi connectivity index (χ0) is 13.2. The van der Waals surface area contributed by atoms with E-state index in [9.17, 15) is 0 Å². The standard InChI is InChI=1S/C15H21N3S/c1-11(16)13-7-4-5-9-18(13)10-15-17-12-6-2-3-8-14(12)19-15/h2-3,6,8,11,13H,4-5,7,9-10,16H2,1H3. The van der Waals surface area contributed by atoms with Crippen molar-refractivity contribution >= 4 is 21.6 Å². The minimum absolute atomic E-state index is 0.245. The first-order chi connectivity index (χ1) is 9.24. The van der Waals surface area contributed by atoms with Gasteiger partial charge in [-0.1, -0.05) is 18.6 Å². The van der Waals surface area contributed by atoms with E-state index in [0.717, 1.165) is 18.6 Å². The Morgan fingerprint density at radius 1 is 1.42 bits per heavy atom. The van der Waals surface area contributed by atoms with Crippen LogP contribution in [-0.2, 0) is 6.54 Å². The second kappa shape index (κ2) is 5.57.